The van der Waals surface area contributed by atoms with Gasteiger partial charge >= 0.3 is 0 Å². The topological polar surface area (TPSA) is 66.0 Å². The fourth-order valence-electron chi connectivity index (χ4n) is 2.08. The minimum Gasteiger partial charge on any atom is -0.492 e. The summed E-state index contributed by atoms with van der Waals surface area (Å²) in [6.07, 6.45) is 1.83. The summed E-state index contributed by atoms with van der Waals surface area (Å²) < 4.78 is 8.57. The van der Waals surface area contributed by atoms with Crippen LogP contribution in [-0.4, -0.2) is 21.6 Å². The molecule has 0 unspecified atom stereocenters. The second-order valence-corrected chi connectivity index (χ2v) is 5.59. The van der Waals surface area contributed by atoms with Gasteiger partial charge in [-0.05, 0) is 35.0 Å². The SMILES string of the molecule is NCc1cn(CCOc2ccc3cc(Br)ccc3c2)nn1. The molecule has 0 amide bonds. The summed E-state index contributed by atoms with van der Waals surface area (Å²) in [5, 5.41) is 10.3. The van der Waals surface area contributed by atoms with E-state index < -0.39 is 0 Å². The molecule has 0 aliphatic heterocycles. The first-order valence-electron chi connectivity index (χ1n) is 6.66. The molecular weight excluding hydrogens is 332 g/mol. The highest BCUT2D eigenvalue weighted by Crippen LogP contribution is 2.24. The van der Waals surface area contributed by atoms with Crippen LogP contribution in [0.5, 0.6) is 5.75 Å². The van der Waals surface area contributed by atoms with Crippen molar-refractivity contribution in [2.75, 3.05) is 6.61 Å². The van der Waals surface area contributed by atoms with E-state index in [1.807, 2.05) is 24.4 Å². The summed E-state index contributed by atoms with van der Waals surface area (Å²) in [7, 11) is 0. The first kappa shape index (κ1) is 14.0. The van der Waals surface area contributed by atoms with Crippen molar-refractivity contribution in [3.63, 3.8) is 0 Å². The summed E-state index contributed by atoms with van der Waals surface area (Å²) >= 11 is 3.47. The maximum atomic E-state index is 5.76. The zero-order valence-electron chi connectivity index (χ0n) is 11.4. The first-order valence-corrected chi connectivity index (χ1v) is 7.45. The summed E-state index contributed by atoms with van der Waals surface area (Å²) in [6, 6.07) is 12.2. The number of benzene rings is 2. The maximum absolute atomic E-state index is 5.76. The fraction of sp³-hybridized carbons (Fsp3) is 0.200. The predicted octanol–water partition coefficient (Wildman–Crippen LogP) is 2.73. The Hall–Kier alpha value is -1.92. The van der Waals surface area contributed by atoms with E-state index in [9.17, 15) is 0 Å². The average molecular weight is 347 g/mol. The smallest absolute Gasteiger partial charge is 0.120 e. The summed E-state index contributed by atoms with van der Waals surface area (Å²) in [4.78, 5) is 0. The number of ether oxygens (including phenoxy) is 1. The van der Waals surface area contributed by atoms with Gasteiger partial charge < -0.3 is 10.5 Å². The number of halogens is 1. The van der Waals surface area contributed by atoms with E-state index in [0.717, 1.165) is 21.3 Å². The number of fused-ring (bicyclic) bond motifs is 1. The lowest BCUT2D eigenvalue weighted by Gasteiger charge is -2.07. The number of nitrogens with zero attached hydrogens (tertiary/aromatic N) is 3. The Balaban J connectivity index is 1.63. The van der Waals surface area contributed by atoms with Crippen LogP contribution in [0, 0.1) is 0 Å². The van der Waals surface area contributed by atoms with Crippen LogP contribution in [0.2, 0.25) is 0 Å². The number of nitrogens with two attached hydrogens (primary N) is 1. The van der Waals surface area contributed by atoms with Crippen molar-refractivity contribution in [1.82, 2.24) is 15.0 Å². The molecule has 0 fully saturated rings. The van der Waals surface area contributed by atoms with Crippen LogP contribution in [0.4, 0.5) is 0 Å². The summed E-state index contributed by atoms with van der Waals surface area (Å²) in [5.74, 6) is 0.851. The van der Waals surface area contributed by atoms with Gasteiger partial charge in [0.15, 0.2) is 0 Å². The van der Waals surface area contributed by atoms with E-state index in [2.05, 4.69) is 44.4 Å². The molecule has 108 valence electrons. The molecule has 0 aliphatic carbocycles. The van der Waals surface area contributed by atoms with Gasteiger partial charge in [-0.15, -0.1) is 5.10 Å². The van der Waals surface area contributed by atoms with Crippen LogP contribution < -0.4 is 10.5 Å². The van der Waals surface area contributed by atoms with Gasteiger partial charge in [-0.1, -0.05) is 33.3 Å². The van der Waals surface area contributed by atoms with E-state index in [4.69, 9.17) is 10.5 Å². The second-order valence-electron chi connectivity index (χ2n) is 4.68. The fourth-order valence-corrected chi connectivity index (χ4v) is 2.46. The van der Waals surface area contributed by atoms with E-state index in [1.165, 1.54) is 5.39 Å². The average Bonchev–Trinajstić information content (AvgIpc) is 2.95. The minimum atomic E-state index is 0.404. The lowest BCUT2D eigenvalue weighted by atomic mass is 10.1. The Morgan fingerprint density at radius 2 is 1.95 bits per heavy atom. The van der Waals surface area contributed by atoms with Gasteiger partial charge in [0, 0.05) is 17.2 Å². The Bertz CT molecular complexity index is 756. The monoisotopic (exact) mass is 346 g/mol. The third-order valence-electron chi connectivity index (χ3n) is 3.16. The number of rotatable bonds is 5. The Labute approximate surface area is 130 Å². The molecule has 0 bridgehead atoms. The van der Waals surface area contributed by atoms with Crippen LogP contribution in [0.15, 0.2) is 47.1 Å². The van der Waals surface area contributed by atoms with Gasteiger partial charge in [0.05, 0.1) is 12.2 Å². The van der Waals surface area contributed by atoms with E-state index in [0.29, 0.717) is 19.7 Å². The van der Waals surface area contributed by atoms with Gasteiger partial charge in [0.1, 0.15) is 12.4 Å². The molecule has 2 N–H and O–H groups in total. The number of hydrogen-bond donors (Lipinski definition) is 1. The van der Waals surface area contributed by atoms with Gasteiger partial charge in [-0.3, -0.25) is 0 Å². The molecule has 2 aromatic carbocycles. The maximum Gasteiger partial charge on any atom is 0.120 e. The van der Waals surface area contributed by atoms with E-state index in [1.54, 1.807) is 4.68 Å². The largest absolute Gasteiger partial charge is 0.492 e. The Morgan fingerprint density at radius 3 is 2.76 bits per heavy atom. The van der Waals surface area contributed by atoms with E-state index >= 15 is 0 Å². The lowest BCUT2D eigenvalue weighted by Crippen LogP contribution is -2.08. The normalized spacial score (nSPS) is 11.0. The highest BCUT2D eigenvalue weighted by molar-refractivity contribution is 9.10. The van der Waals surface area contributed by atoms with Gasteiger partial charge in [-0.25, -0.2) is 4.68 Å². The molecule has 5 nitrogen and oxygen atoms in total. The Kier molecular flexibility index (Phi) is 4.17. The van der Waals surface area contributed by atoms with E-state index in [-0.39, 0.29) is 0 Å². The molecule has 0 radical (unpaired) electrons. The third kappa shape index (κ3) is 3.40. The molecule has 0 saturated carbocycles. The molecule has 1 heterocycles. The van der Waals surface area contributed by atoms with Crippen molar-refractivity contribution in [3.05, 3.63) is 52.8 Å². The highest BCUT2D eigenvalue weighted by Gasteiger charge is 2.01. The summed E-state index contributed by atoms with van der Waals surface area (Å²) in [6.45, 7) is 1.59. The molecule has 0 aliphatic rings. The van der Waals surface area contributed by atoms with Crippen molar-refractivity contribution in [3.8, 4) is 5.75 Å². The first-order chi connectivity index (χ1) is 10.2. The van der Waals surface area contributed by atoms with Crippen molar-refractivity contribution in [2.24, 2.45) is 5.73 Å². The molecule has 0 spiro atoms. The number of hydrogen-bond acceptors (Lipinski definition) is 4. The van der Waals surface area contributed by atoms with Crippen LogP contribution in [0.25, 0.3) is 10.8 Å². The lowest BCUT2D eigenvalue weighted by molar-refractivity contribution is 0.290. The van der Waals surface area contributed by atoms with Gasteiger partial charge in [-0.2, -0.15) is 0 Å². The summed E-state index contributed by atoms with van der Waals surface area (Å²) in [5.41, 5.74) is 6.28. The highest BCUT2D eigenvalue weighted by atomic mass is 79.9. The molecule has 0 atom stereocenters. The molecule has 1 aromatic heterocycles. The number of aromatic nitrogens is 3. The standard InChI is InChI=1S/C15H15BrN4O/c16-13-3-1-12-8-15(4-2-11(12)7-13)21-6-5-20-10-14(9-17)18-19-20/h1-4,7-8,10H,5-6,9,17H2. The van der Waals surface area contributed by atoms with Crippen molar-refractivity contribution in [1.29, 1.82) is 0 Å². The van der Waals surface area contributed by atoms with Gasteiger partial charge in [0.2, 0.25) is 0 Å². The molecule has 0 saturated heterocycles. The molecule has 3 rings (SSSR count). The molecule has 3 aromatic rings. The minimum absolute atomic E-state index is 0.404. The Morgan fingerprint density at radius 1 is 1.14 bits per heavy atom. The zero-order valence-corrected chi connectivity index (χ0v) is 13.0. The second kappa shape index (κ2) is 6.24. The van der Waals surface area contributed by atoms with Crippen molar-refractivity contribution >= 4 is 26.7 Å². The molecule has 21 heavy (non-hydrogen) atoms. The van der Waals surface area contributed by atoms with Crippen molar-refractivity contribution < 1.29 is 4.74 Å². The van der Waals surface area contributed by atoms with Crippen LogP contribution >= 0.6 is 15.9 Å². The van der Waals surface area contributed by atoms with Gasteiger partial charge in [0.25, 0.3) is 0 Å². The van der Waals surface area contributed by atoms with Crippen molar-refractivity contribution in [2.45, 2.75) is 13.1 Å². The third-order valence-corrected chi connectivity index (χ3v) is 3.65. The predicted molar refractivity (Wildman–Crippen MR) is 85.1 cm³/mol. The molecular formula is C15H15BrN4O. The zero-order chi connectivity index (χ0) is 14.7. The van der Waals surface area contributed by atoms with Crippen LogP contribution in [0.3, 0.4) is 0 Å². The van der Waals surface area contributed by atoms with Crippen LogP contribution in [-0.2, 0) is 13.1 Å². The molecule has 6 heteroatoms. The van der Waals surface area contributed by atoms with Crippen LogP contribution in [0.1, 0.15) is 5.69 Å². The quantitative estimate of drug-likeness (QED) is 0.771.